The smallest absolute Gasteiger partial charge is 0 e. The van der Waals surface area contributed by atoms with Gasteiger partial charge in [-0.2, -0.15) is 5.26 Å². The fraction of sp³-hybridized carbons (Fsp3) is 0. The maximum absolute atomic E-state index is 6.88. The number of aliphatic hydroxyl groups excluding tert-OH is 1. The molecule has 0 atom stereocenters. The van der Waals surface area contributed by atoms with E-state index in [1.165, 1.54) is 0 Å². The summed E-state index contributed by atoms with van der Waals surface area (Å²) in [7, 11) is 0. The number of hydrogen-bond acceptors (Lipinski definition) is 2. The van der Waals surface area contributed by atoms with Crippen LogP contribution in [-0.2, 0) is 19.5 Å². The molecule has 5 heavy (non-hydrogen) atoms. The Morgan fingerprint density at radius 1 is 1.60 bits per heavy atom. The first-order valence-electron chi connectivity index (χ1n) is 0.447. The Hall–Kier alpha value is 0.913. The van der Waals surface area contributed by atoms with Gasteiger partial charge in [-0.25, -0.2) is 0 Å². The summed E-state index contributed by atoms with van der Waals surface area (Å²) < 4.78 is 0. The zero-order chi connectivity index (χ0) is 2.71. The van der Waals surface area contributed by atoms with Gasteiger partial charge in [0.1, 0.15) is 0 Å². The van der Waals surface area contributed by atoms with Crippen molar-refractivity contribution in [2.24, 2.45) is 0 Å². The van der Waals surface area contributed by atoms with Gasteiger partial charge in [0.25, 0.3) is 6.26 Å². The molecule has 0 fully saturated rings. The molecule has 0 bridgehead atoms. The van der Waals surface area contributed by atoms with Gasteiger partial charge in [-0.3, -0.25) is 0 Å². The molecule has 0 aromatic rings. The molecular formula is CH2NNaOZn. The summed E-state index contributed by atoms with van der Waals surface area (Å²) in [4.78, 5) is 0. The second-order valence-electron chi connectivity index (χ2n) is 0.100. The van der Waals surface area contributed by atoms with E-state index in [9.17, 15) is 0 Å². The number of aliphatic hydroxyl groups is 1. The van der Waals surface area contributed by atoms with Crippen molar-refractivity contribution in [3.63, 3.8) is 0 Å². The predicted molar refractivity (Wildman–Crippen MR) is 14.7 cm³/mol. The Kier molecular flexibility index (Phi) is 69.1. The van der Waals surface area contributed by atoms with Gasteiger partial charge in [-0.05, 0) is 0 Å². The van der Waals surface area contributed by atoms with Crippen molar-refractivity contribution in [2.45, 2.75) is 0 Å². The van der Waals surface area contributed by atoms with E-state index in [0.29, 0.717) is 0 Å². The van der Waals surface area contributed by atoms with Crippen LogP contribution < -0.4 is 0 Å². The number of nitrogens with zero attached hydrogens (tertiary/aromatic N) is 1. The molecule has 0 radical (unpaired) electrons. The molecule has 2 nitrogen and oxygen atoms in total. The Balaban J connectivity index is -0.0000000200. The van der Waals surface area contributed by atoms with Crippen molar-refractivity contribution in [2.75, 3.05) is 0 Å². The SMILES string of the molecule is N#CO.[NaH].[Zn]. The zero-order valence-corrected chi connectivity index (χ0v) is 5.07. The molecule has 0 rings (SSSR count). The topological polar surface area (TPSA) is 44.0 Å². The first-order valence-corrected chi connectivity index (χ1v) is 0.447. The van der Waals surface area contributed by atoms with Crippen LogP contribution in [0.15, 0.2) is 0 Å². The van der Waals surface area contributed by atoms with Crippen molar-refractivity contribution in [3.8, 4) is 6.26 Å². The predicted octanol–water partition coefficient (Wildman–Crippen LogP) is -0.811. The van der Waals surface area contributed by atoms with Crippen molar-refractivity contribution in [1.82, 2.24) is 0 Å². The molecule has 0 heterocycles. The fourth-order valence-electron chi connectivity index (χ4n) is 0. The molecule has 1 N–H and O–H groups in total. The van der Waals surface area contributed by atoms with Crippen molar-refractivity contribution in [3.05, 3.63) is 0 Å². The first-order chi connectivity index (χ1) is 1.41. The van der Waals surface area contributed by atoms with E-state index in [4.69, 9.17) is 10.4 Å². The zero-order valence-electron chi connectivity index (χ0n) is 2.10. The number of rotatable bonds is 0. The van der Waals surface area contributed by atoms with Crippen molar-refractivity contribution in [1.29, 1.82) is 5.26 Å². The second kappa shape index (κ2) is 20.6. The molecule has 0 unspecified atom stereocenters. The van der Waals surface area contributed by atoms with Crippen LogP contribution in [0.25, 0.3) is 0 Å². The summed E-state index contributed by atoms with van der Waals surface area (Å²) in [5, 5.41) is 13.8. The summed E-state index contributed by atoms with van der Waals surface area (Å²) in [6.07, 6.45) is 0.750. The summed E-state index contributed by atoms with van der Waals surface area (Å²) in [5.41, 5.74) is 0. The minimum atomic E-state index is 0. The van der Waals surface area contributed by atoms with Crippen LogP contribution >= 0.6 is 0 Å². The summed E-state index contributed by atoms with van der Waals surface area (Å²) in [6.45, 7) is 0. The molecule has 0 aliphatic carbocycles. The van der Waals surface area contributed by atoms with Crippen LogP contribution in [0.1, 0.15) is 0 Å². The molecule has 0 saturated carbocycles. The van der Waals surface area contributed by atoms with E-state index >= 15 is 0 Å². The van der Waals surface area contributed by atoms with Crippen LogP contribution in [-0.4, -0.2) is 34.7 Å². The third kappa shape index (κ3) is 50.0. The molecule has 4 heteroatoms. The largest absolute Gasteiger partial charge is 0 e. The molecule has 0 amide bonds. The molecule has 0 aliphatic heterocycles. The van der Waals surface area contributed by atoms with Gasteiger partial charge in [-0.1, -0.05) is 0 Å². The van der Waals surface area contributed by atoms with Crippen LogP contribution in [0.2, 0.25) is 0 Å². The van der Waals surface area contributed by atoms with Gasteiger partial charge in [0.15, 0.2) is 0 Å². The van der Waals surface area contributed by atoms with Gasteiger partial charge in [0.2, 0.25) is 0 Å². The van der Waals surface area contributed by atoms with Crippen LogP contribution in [0.3, 0.4) is 0 Å². The quantitative estimate of drug-likeness (QED) is 0.346. The van der Waals surface area contributed by atoms with Gasteiger partial charge >= 0.3 is 29.6 Å². The van der Waals surface area contributed by atoms with Crippen LogP contribution in [0, 0.1) is 11.5 Å². The second-order valence-corrected chi connectivity index (χ2v) is 0.100. The van der Waals surface area contributed by atoms with E-state index in [1.54, 1.807) is 0 Å². The third-order valence-corrected chi connectivity index (χ3v) is 0. The Labute approximate surface area is 65.2 Å². The van der Waals surface area contributed by atoms with Crippen LogP contribution in [0.4, 0.5) is 0 Å². The molecule has 0 aromatic carbocycles. The first kappa shape index (κ1) is 16.8. The Morgan fingerprint density at radius 3 is 1.60 bits per heavy atom. The third-order valence-electron chi connectivity index (χ3n) is 0. The van der Waals surface area contributed by atoms with Gasteiger partial charge in [0, 0.05) is 19.5 Å². The van der Waals surface area contributed by atoms with Gasteiger partial charge < -0.3 is 5.11 Å². The van der Waals surface area contributed by atoms with Gasteiger partial charge in [-0.15, -0.1) is 0 Å². The molecule has 0 spiro atoms. The van der Waals surface area contributed by atoms with E-state index in [0.717, 1.165) is 6.26 Å². The Bertz CT molecular complexity index is 33.1. The molecule has 0 aliphatic rings. The number of nitriles is 1. The molecule has 20 valence electrons. The monoisotopic (exact) mass is 131 g/mol. The summed E-state index contributed by atoms with van der Waals surface area (Å²) in [6, 6.07) is 0. The summed E-state index contributed by atoms with van der Waals surface area (Å²) >= 11 is 0. The molecule has 0 aromatic heterocycles. The normalized spacial score (nSPS) is 1.40. The maximum atomic E-state index is 6.88. The average Bonchev–Trinajstić information content (AvgIpc) is 0.918. The fourth-order valence-corrected chi connectivity index (χ4v) is 0. The standard InChI is InChI=1S/CHNO.Na.Zn.H/c2-1-3;;;/h3H;;;. The Morgan fingerprint density at radius 2 is 1.60 bits per heavy atom. The van der Waals surface area contributed by atoms with E-state index in [1.807, 2.05) is 0 Å². The van der Waals surface area contributed by atoms with Crippen molar-refractivity contribution >= 4 is 29.6 Å². The molecule has 0 saturated heterocycles. The van der Waals surface area contributed by atoms with E-state index in [-0.39, 0.29) is 49.0 Å². The van der Waals surface area contributed by atoms with E-state index in [2.05, 4.69) is 0 Å². The average molecular weight is 132 g/mol. The summed E-state index contributed by atoms with van der Waals surface area (Å²) in [5.74, 6) is 0. The molecular weight excluding hydrogens is 130 g/mol. The van der Waals surface area contributed by atoms with E-state index < -0.39 is 0 Å². The minimum absolute atomic E-state index is 0. The number of hydrogen-bond donors (Lipinski definition) is 1. The van der Waals surface area contributed by atoms with Crippen LogP contribution in [0.5, 0.6) is 0 Å². The van der Waals surface area contributed by atoms with Gasteiger partial charge in [0.05, 0.1) is 0 Å². The van der Waals surface area contributed by atoms with Crippen molar-refractivity contribution < 1.29 is 24.6 Å². The maximum Gasteiger partial charge on any atom is 0 e. The minimum Gasteiger partial charge on any atom is 0 e.